The number of fused-ring (bicyclic) bond motifs is 3. The van der Waals surface area contributed by atoms with E-state index in [9.17, 15) is 9.59 Å². The molecule has 0 saturated heterocycles. The minimum atomic E-state index is -0.445. The monoisotopic (exact) mass is 443 g/mol. The van der Waals surface area contributed by atoms with Crippen molar-refractivity contribution in [1.82, 2.24) is 9.47 Å². The quantitative estimate of drug-likeness (QED) is 0.428. The Bertz CT molecular complexity index is 1280. The number of amides is 2. The van der Waals surface area contributed by atoms with Gasteiger partial charge in [0.15, 0.2) is 0 Å². The van der Waals surface area contributed by atoms with Crippen LogP contribution in [0.4, 0.5) is 10.5 Å². The molecular formula is C25H21N3O3S. The number of urea groups is 1. The number of carbonyl (C=O) groups excluding carboxylic acids is 2. The standard InChI is InChI=1S/C25H21N3O3S/c1-31-24(29)17-8-4-9-19(15-17)26-25(30)28-16-18-7-2-3-10-20(18)27-13-5-11-21(27)23(28)22-12-6-14-32-22/h2-15,23H,16H2,1H3,(H,26,30)/t23-/m0/s1. The molecule has 4 aromatic rings. The Morgan fingerprint density at radius 1 is 1.03 bits per heavy atom. The first-order chi connectivity index (χ1) is 15.7. The summed E-state index contributed by atoms with van der Waals surface area (Å²) in [4.78, 5) is 28.4. The van der Waals surface area contributed by atoms with Crippen molar-refractivity contribution >= 4 is 29.0 Å². The predicted molar refractivity (Wildman–Crippen MR) is 124 cm³/mol. The maximum Gasteiger partial charge on any atom is 0.337 e. The van der Waals surface area contributed by atoms with Gasteiger partial charge in [0.2, 0.25) is 0 Å². The molecule has 0 fully saturated rings. The second-order valence-corrected chi connectivity index (χ2v) is 8.46. The number of thiophene rings is 1. The summed E-state index contributed by atoms with van der Waals surface area (Å²) < 4.78 is 6.96. The fraction of sp³-hybridized carbons (Fsp3) is 0.120. The number of carbonyl (C=O) groups is 2. The molecule has 2 aromatic heterocycles. The number of hydrogen-bond acceptors (Lipinski definition) is 4. The first-order valence-corrected chi connectivity index (χ1v) is 11.1. The Balaban J connectivity index is 1.56. The number of para-hydroxylation sites is 1. The van der Waals surface area contributed by atoms with E-state index < -0.39 is 5.97 Å². The topological polar surface area (TPSA) is 63.6 Å². The van der Waals surface area contributed by atoms with Crippen LogP contribution in [0.1, 0.15) is 32.5 Å². The highest BCUT2D eigenvalue weighted by molar-refractivity contribution is 7.10. The lowest BCUT2D eigenvalue weighted by Crippen LogP contribution is -2.37. The van der Waals surface area contributed by atoms with Gasteiger partial charge in [0.1, 0.15) is 6.04 Å². The third-order valence-electron chi connectivity index (χ3n) is 5.57. The van der Waals surface area contributed by atoms with E-state index in [2.05, 4.69) is 28.1 Å². The lowest BCUT2D eigenvalue weighted by Gasteiger charge is -2.30. The van der Waals surface area contributed by atoms with Gasteiger partial charge in [-0.25, -0.2) is 9.59 Å². The number of esters is 1. The van der Waals surface area contributed by atoms with E-state index in [1.54, 1.807) is 35.6 Å². The van der Waals surface area contributed by atoms with E-state index in [0.717, 1.165) is 21.8 Å². The van der Waals surface area contributed by atoms with E-state index in [4.69, 9.17) is 4.74 Å². The van der Waals surface area contributed by atoms with Crippen molar-refractivity contribution < 1.29 is 14.3 Å². The van der Waals surface area contributed by atoms with Crippen molar-refractivity contribution in [1.29, 1.82) is 0 Å². The predicted octanol–water partition coefficient (Wildman–Crippen LogP) is 5.46. The van der Waals surface area contributed by atoms with Crippen LogP contribution in [0.3, 0.4) is 0 Å². The van der Waals surface area contributed by atoms with E-state index in [-0.39, 0.29) is 12.1 Å². The third-order valence-corrected chi connectivity index (χ3v) is 6.50. The van der Waals surface area contributed by atoms with Crippen molar-refractivity contribution in [2.45, 2.75) is 12.6 Å². The zero-order valence-corrected chi connectivity index (χ0v) is 18.2. The molecule has 0 spiro atoms. The largest absolute Gasteiger partial charge is 0.465 e. The Hall–Kier alpha value is -3.84. The van der Waals surface area contributed by atoms with Gasteiger partial charge in [0.05, 0.1) is 30.6 Å². The highest BCUT2D eigenvalue weighted by Crippen LogP contribution is 2.38. The molecule has 0 bridgehead atoms. The molecule has 2 amide bonds. The normalized spacial score (nSPS) is 14.8. The molecule has 1 aliphatic heterocycles. The van der Waals surface area contributed by atoms with Gasteiger partial charge in [0, 0.05) is 16.8 Å². The second-order valence-electron chi connectivity index (χ2n) is 7.48. The smallest absolute Gasteiger partial charge is 0.337 e. The molecule has 7 heteroatoms. The highest BCUT2D eigenvalue weighted by atomic mass is 32.1. The molecule has 2 aromatic carbocycles. The van der Waals surface area contributed by atoms with Crippen molar-refractivity contribution in [2.75, 3.05) is 12.4 Å². The number of ether oxygens (including phenoxy) is 1. The van der Waals surface area contributed by atoms with Gasteiger partial charge < -0.3 is 19.5 Å². The summed E-state index contributed by atoms with van der Waals surface area (Å²) in [5.74, 6) is -0.445. The SMILES string of the molecule is COC(=O)c1cccc(NC(=O)N2Cc3ccccc3-n3cccc3[C@H]2c2cccs2)c1. The van der Waals surface area contributed by atoms with Crippen LogP contribution in [0, 0.1) is 0 Å². The zero-order chi connectivity index (χ0) is 22.1. The molecule has 1 aliphatic rings. The number of benzene rings is 2. The van der Waals surface area contributed by atoms with Crippen LogP contribution >= 0.6 is 11.3 Å². The third kappa shape index (κ3) is 3.56. The maximum atomic E-state index is 13.6. The summed E-state index contributed by atoms with van der Waals surface area (Å²) >= 11 is 1.63. The van der Waals surface area contributed by atoms with Gasteiger partial charge >= 0.3 is 12.0 Å². The number of hydrogen-bond donors (Lipinski definition) is 1. The average molecular weight is 444 g/mol. The number of nitrogens with one attached hydrogen (secondary N) is 1. The van der Waals surface area contributed by atoms with Crippen molar-refractivity contribution in [3.05, 3.63) is 106 Å². The van der Waals surface area contributed by atoms with Crippen LogP contribution < -0.4 is 5.32 Å². The summed E-state index contributed by atoms with van der Waals surface area (Å²) in [5, 5.41) is 5.00. The molecular weight excluding hydrogens is 422 g/mol. The molecule has 3 heterocycles. The number of nitrogens with zero attached hydrogens (tertiary/aromatic N) is 2. The summed E-state index contributed by atoms with van der Waals surface area (Å²) in [6.07, 6.45) is 2.04. The van der Waals surface area contributed by atoms with E-state index in [0.29, 0.717) is 17.8 Å². The molecule has 5 rings (SSSR count). The summed E-state index contributed by atoms with van der Waals surface area (Å²) in [7, 11) is 1.34. The minimum Gasteiger partial charge on any atom is -0.465 e. The summed E-state index contributed by atoms with van der Waals surface area (Å²) in [5.41, 5.74) is 4.07. The van der Waals surface area contributed by atoms with Gasteiger partial charge in [-0.05, 0) is 53.4 Å². The first kappa shape index (κ1) is 20.1. The van der Waals surface area contributed by atoms with Crippen molar-refractivity contribution in [2.24, 2.45) is 0 Å². The molecule has 1 atom stereocenters. The Kier molecular flexibility index (Phi) is 5.25. The number of rotatable bonds is 3. The molecule has 0 saturated carbocycles. The van der Waals surface area contributed by atoms with Crippen LogP contribution in [0.5, 0.6) is 0 Å². The Morgan fingerprint density at radius 3 is 2.72 bits per heavy atom. The maximum absolute atomic E-state index is 13.6. The van der Waals surface area contributed by atoms with Crippen LogP contribution in [0.2, 0.25) is 0 Å². The molecule has 1 N–H and O–H groups in total. The van der Waals surface area contributed by atoms with Gasteiger partial charge in [-0.1, -0.05) is 30.3 Å². The van der Waals surface area contributed by atoms with Gasteiger partial charge in [-0.2, -0.15) is 0 Å². The Morgan fingerprint density at radius 2 is 1.91 bits per heavy atom. The van der Waals surface area contributed by atoms with Crippen LogP contribution in [0.25, 0.3) is 5.69 Å². The van der Waals surface area contributed by atoms with E-state index >= 15 is 0 Å². The zero-order valence-electron chi connectivity index (χ0n) is 17.4. The summed E-state index contributed by atoms with van der Waals surface area (Å²) in [6, 6.07) is 22.5. The molecule has 32 heavy (non-hydrogen) atoms. The lowest BCUT2D eigenvalue weighted by molar-refractivity contribution is 0.0600. The second kappa shape index (κ2) is 8.36. The van der Waals surface area contributed by atoms with Crippen molar-refractivity contribution in [3.8, 4) is 5.69 Å². The molecule has 0 radical (unpaired) electrons. The molecule has 160 valence electrons. The fourth-order valence-electron chi connectivity index (χ4n) is 4.12. The van der Waals surface area contributed by atoms with Gasteiger partial charge in [-0.3, -0.25) is 0 Å². The molecule has 0 unspecified atom stereocenters. The van der Waals surface area contributed by atoms with E-state index in [1.165, 1.54) is 7.11 Å². The lowest BCUT2D eigenvalue weighted by atomic mass is 10.1. The average Bonchev–Trinajstić information content (AvgIpc) is 3.50. The summed E-state index contributed by atoms with van der Waals surface area (Å²) in [6.45, 7) is 0.447. The first-order valence-electron chi connectivity index (χ1n) is 10.2. The molecule has 0 aliphatic carbocycles. The number of aromatic nitrogens is 1. The Labute approximate surface area is 189 Å². The van der Waals surface area contributed by atoms with Gasteiger partial charge in [0.25, 0.3) is 0 Å². The van der Waals surface area contributed by atoms with Crippen molar-refractivity contribution in [3.63, 3.8) is 0 Å². The number of methoxy groups -OCH3 is 1. The van der Waals surface area contributed by atoms with Crippen LogP contribution in [-0.4, -0.2) is 28.6 Å². The minimum absolute atomic E-state index is 0.241. The highest BCUT2D eigenvalue weighted by Gasteiger charge is 2.33. The van der Waals surface area contributed by atoms with Crippen LogP contribution in [-0.2, 0) is 11.3 Å². The van der Waals surface area contributed by atoms with Crippen LogP contribution in [0.15, 0.2) is 84.4 Å². The number of anilines is 1. The van der Waals surface area contributed by atoms with E-state index in [1.807, 2.05) is 46.8 Å². The van der Waals surface area contributed by atoms with Gasteiger partial charge in [-0.15, -0.1) is 11.3 Å². The molecule has 6 nitrogen and oxygen atoms in total. The fourth-order valence-corrected chi connectivity index (χ4v) is 4.97.